The molecular weight excluding hydrogens is 242 g/mol. The van der Waals surface area contributed by atoms with Crippen LogP contribution in [0.5, 0.6) is 5.75 Å². The molecule has 1 heterocycles. The van der Waals surface area contributed by atoms with E-state index in [0.717, 1.165) is 11.1 Å². The standard InChI is InChI=1S/C14H17N3O2/c1-11-4-5-14(13(10-11)12(2)16-18)19-9-8-17-7-3-6-15-17/h3-7,10,18H,8-9H2,1-2H3. The van der Waals surface area contributed by atoms with Crippen molar-refractivity contribution in [3.05, 3.63) is 47.8 Å². The quantitative estimate of drug-likeness (QED) is 0.510. The molecule has 0 saturated carbocycles. The van der Waals surface area contributed by atoms with Gasteiger partial charge in [0.2, 0.25) is 0 Å². The lowest BCUT2D eigenvalue weighted by molar-refractivity contribution is 0.289. The van der Waals surface area contributed by atoms with Crippen molar-refractivity contribution in [1.82, 2.24) is 9.78 Å². The second-order valence-electron chi connectivity index (χ2n) is 4.30. The highest BCUT2D eigenvalue weighted by molar-refractivity contribution is 6.00. The molecule has 0 amide bonds. The number of aromatic nitrogens is 2. The van der Waals surface area contributed by atoms with Crippen LogP contribution < -0.4 is 4.74 Å². The van der Waals surface area contributed by atoms with Crippen LogP contribution in [0.2, 0.25) is 0 Å². The molecule has 0 spiro atoms. The predicted octanol–water partition coefficient (Wildman–Crippen LogP) is 2.47. The van der Waals surface area contributed by atoms with Crippen LogP contribution in [-0.4, -0.2) is 27.3 Å². The summed E-state index contributed by atoms with van der Waals surface area (Å²) in [4.78, 5) is 0. The van der Waals surface area contributed by atoms with Gasteiger partial charge in [-0.1, -0.05) is 16.8 Å². The summed E-state index contributed by atoms with van der Waals surface area (Å²) in [6.07, 6.45) is 3.62. The van der Waals surface area contributed by atoms with Crippen LogP contribution in [0.3, 0.4) is 0 Å². The number of nitrogens with zero attached hydrogens (tertiary/aromatic N) is 3. The van der Waals surface area contributed by atoms with Crippen molar-refractivity contribution >= 4 is 5.71 Å². The van der Waals surface area contributed by atoms with Gasteiger partial charge in [0.15, 0.2) is 0 Å². The normalized spacial score (nSPS) is 11.6. The molecule has 100 valence electrons. The van der Waals surface area contributed by atoms with Gasteiger partial charge in [0.05, 0.1) is 12.3 Å². The average Bonchev–Trinajstić information content (AvgIpc) is 2.92. The molecule has 19 heavy (non-hydrogen) atoms. The van der Waals surface area contributed by atoms with Crippen LogP contribution in [0, 0.1) is 6.92 Å². The monoisotopic (exact) mass is 259 g/mol. The molecule has 2 aromatic rings. The van der Waals surface area contributed by atoms with Crippen molar-refractivity contribution in [2.24, 2.45) is 5.16 Å². The van der Waals surface area contributed by atoms with Gasteiger partial charge in [-0.3, -0.25) is 4.68 Å². The lowest BCUT2D eigenvalue weighted by Crippen LogP contribution is -2.10. The minimum Gasteiger partial charge on any atom is -0.491 e. The molecule has 0 aliphatic heterocycles. The summed E-state index contributed by atoms with van der Waals surface area (Å²) in [5.74, 6) is 0.716. The molecular formula is C14H17N3O2. The number of aryl methyl sites for hydroxylation is 1. The molecule has 2 rings (SSSR count). The number of hydrogen-bond acceptors (Lipinski definition) is 4. The van der Waals surface area contributed by atoms with Crippen molar-refractivity contribution in [1.29, 1.82) is 0 Å². The number of ether oxygens (including phenoxy) is 1. The SMILES string of the molecule is CC(=NO)c1cc(C)ccc1OCCn1cccn1. The van der Waals surface area contributed by atoms with Gasteiger partial charge in [0, 0.05) is 18.0 Å². The third-order valence-electron chi connectivity index (χ3n) is 2.81. The molecule has 5 nitrogen and oxygen atoms in total. The van der Waals surface area contributed by atoms with Crippen LogP contribution in [0.1, 0.15) is 18.1 Å². The van der Waals surface area contributed by atoms with Crippen molar-refractivity contribution in [2.75, 3.05) is 6.61 Å². The molecule has 0 bridgehead atoms. The number of oxime groups is 1. The highest BCUT2D eigenvalue weighted by atomic mass is 16.5. The van der Waals surface area contributed by atoms with Gasteiger partial charge < -0.3 is 9.94 Å². The van der Waals surface area contributed by atoms with E-state index >= 15 is 0 Å². The average molecular weight is 259 g/mol. The Morgan fingerprint density at radius 2 is 2.32 bits per heavy atom. The third kappa shape index (κ3) is 3.34. The Balaban J connectivity index is 2.07. The maximum atomic E-state index is 8.90. The van der Waals surface area contributed by atoms with Crippen LogP contribution in [0.4, 0.5) is 0 Å². The summed E-state index contributed by atoms with van der Waals surface area (Å²) in [6, 6.07) is 7.68. The zero-order valence-corrected chi connectivity index (χ0v) is 11.1. The van der Waals surface area contributed by atoms with Crippen molar-refractivity contribution in [2.45, 2.75) is 20.4 Å². The van der Waals surface area contributed by atoms with Crippen molar-refractivity contribution in [3.8, 4) is 5.75 Å². The van der Waals surface area contributed by atoms with Gasteiger partial charge in [0.25, 0.3) is 0 Å². The number of benzene rings is 1. The number of hydrogen-bond donors (Lipinski definition) is 1. The van der Waals surface area contributed by atoms with Gasteiger partial charge in [-0.2, -0.15) is 5.10 Å². The van der Waals surface area contributed by atoms with Crippen LogP contribution in [-0.2, 0) is 6.54 Å². The summed E-state index contributed by atoms with van der Waals surface area (Å²) in [5, 5.41) is 16.2. The molecule has 0 aliphatic carbocycles. The summed E-state index contributed by atoms with van der Waals surface area (Å²) in [5.41, 5.74) is 2.44. The Hall–Kier alpha value is -2.30. The van der Waals surface area contributed by atoms with E-state index in [1.54, 1.807) is 17.8 Å². The summed E-state index contributed by atoms with van der Waals surface area (Å²) < 4.78 is 7.54. The minimum absolute atomic E-state index is 0.510. The second kappa shape index (κ2) is 6.04. The van der Waals surface area contributed by atoms with Crippen LogP contribution >= 0.6 is 0 Å². The van der Waals surface area contributed by atoms with Crippen molar-refractivity contribution < 1.29 is 9.94 Å². The van der Waals surface area contributed by atoms with E-state index in [4.69, 9.17) is 9.94 Å². The second-order valence-corrected chi connectivity index (χ2v) is 4.30. The first-order valence-electron chi connectivity index (χ1n) is 6.10. The molecule has 5 heteroatoms. The number of rotatable bonds is 5. The fraction of sp³-hybridized carbons (Fsp3) is 0.286. The fourth-order valence-corrected chi connectivity index (χ4v) is 1.79. The first kappa shape index (κ1) is 13.1. The van der Waals surface area contributed by atoms with Gasteiger partial charge >= 0.3 is 0 Å². The maximum Gasteiger partial charge on any atom is 0.128 e. The van der Waals surface area contributed by atoms with Crippen LogP contribution in [0.25, 0.3) is 0 Å². The zero-order valence-electron chi connectivity index (χ0n) is 11.1. The molecule has 0 fully saturated rings. The topological polar surface area (TPSA) is 59.6 Å². The molecule has 0 unspecified atom stereocenters. The summed E-state index contributed by atoms with van der Waals surface area (Å²) >= 11 is 0. The van der Waals surface area contributed by atoms with Crippen LogP contribution in [0.15, 0.2) is 41.8 Å². The third-order valence-corrected chi connectivity index (χ3v) is 2.81. The van der Waals surface area contributed by atoms with E-state index < -0.39 is 0 Å². The molecule has 0 radical (unpaired) electrons. The first-order chi connectivity index (χ1) is 9.20. The fourth-order valence-electron chi connectivity index (χ4n) is 1.79. The van der Waals surface area contributed by atoms with E-state index in [1.165, 1.54) is 0 Å². The van der Waals surface area contributed by atoms with Gasteiger partial charge in [0.1, 0.15) is 12.4 Å². The lowest BCUT2D eigenvalue weighted by atomic mass is 10.1. The van der Waals surface area contributed by atoms with Gasteiger partial charge in [-0.15, -0.1) is 0 Å². The molecule has 0 aliphatic rings. The minimum atomic E-state index is 0.510. The van der Waals surface area contributed by atoms with Crippen molar-refractivity contribution in [3.63, 3.8) is 0 Å². The molecule has 1 aromatic heterocycles. The maximum absolute atomic E-state index is 8.90. The van der Waals surface area contributed by atoms with Gasteiger partial charge in [-0.05, 0) is 32.0 Å². The highest BCUT2D eigenvalue weighted by Crippen LogP contribution is 2.21. The Kier molecular flexibility index (Phi) is 4.18. The predicted molar refractivity (Wildman–Crippen MR) is 72.9 cm³/mol. The first-order valence-corrected chi connectivity index (χ1v) is 6.10. The largest absolute Gasteiger partial charge is 0.491 e. The smallest absolute Gasteiger partial charge is 0.128 e. The zero-order chi connectivity index (χ0) is 13.7. The Morgan fingerprint density at radius 1 is 1.47 bits per heavy atom. The highest BCUT2D eigenvalue weighted by Gasteiger charge is 2.08. The van der Waals surface area contributed by atoms with E-state index in [9.17, 15) is 0 Å². The Morgan fingerprint density at radius 3 is 3.00 bits per heavy atom. The molecule has 1 aromatic carbocycles. The summed E-state index contributed by atoms with van der Waals surface area (Å²) in [6.45, 7) is 4.92. The Labute approximate surface area is 112 Å². The summed E-state index contributed by atoms with van der Waals surface area (Å²) in [7, 11) is 0. The molecule has 0 atom stereocenters. The Bertz CT molecular complexity index is 562. The van der Waals surface area contributed by atoms with E-state index in [0.29, 0.717) is 24.6 Å². The van der Waals surface area contributed by atoms with E-state index in [-0.39, 0.29) is 0 Å². The molecule has 1 N–H and O–H groups in total. The van der Waals surface area contributed by atoms with E-state index in [2.05, 4.69) is 10.3 Å². The van der Waals surface area contributed by atoms with E-state index in [1.807, 2.05) is 37.4 Å². The molecule has 0 saturated heterocycles. The van der Waals surface area contributed by atoms with Gasteiger partial charge in [-0.25, -0.2) is 0 Å². The lowest BCUT2D eigenvalue weighted by Gasteiger charge is -2.11.